The van der Waals surface area contributed by atoms with Crippen molar-refractivity contribution in [1.82, 2.24) is 10.2 Å². The number of carbonyl (C=O) groups excluding carboxylic acids is 1. The second-order valence-electron chi connectivity index (χ2n) is 11.4. The van der Waals surface area contributed by atoms with Crippen LogP contribution >= 0.6 is 0 Å². The van der Waals surface area contributed by atoms with Crippen molar-refractivity contribution < 1.29 is 27.7 Å². The number of nitrogens with one attached hydrogen (secondary N) is 1. The standard InChI is InChI=1S/C23H36N2O6S/c26-21(15-25-5-7-32(27,28)8-6-25)24-14-16-1-3-22(4-2-16)29-23(31-30-22)19-10-17-9-18(12-19)13-20(23)11-17/h16-20H,1-15H2,(H,24,26)/t16-,17?,18?,19?,20?,22+,23-. The fraction of sp³-hybridized carbons (Fsp3) is 0.957. The lowest BCUT2D eigenvalue weighted by molar-refractivity contribution is -0.390. The Morgan fingerprint density at radius 3 is 2.19 bits per heavy atom. The first-order valence-electron chi connectivity index (χ1n) is 12.6. The van der Waals surface area contributed by atoms with Gasteiger partial charge in [0.1, 0.15) is 0 Å². The number of nitrogens with zero attached hydrogens (tertiary/aromatic N) is 1. The molecule has 2 spiro atoms. The van der Waals surface area contributed by atoms with Crippen LogP contribution in [0.25, 0.3) is 0 Å². The zero-order valence-electron chi connectivity index (χ0n) is 18.8. The molecule has 9 heteroatoms. The van der Waals surface area contributed by atoms with Crippen molar-refractivity contribution in [3.63, 3.8) is 0 Å². The van der Waals surface area contributed by atoms with Crippen molar-refractivity contribution in [2.45, 2.75) is 69.4 Å². The predicted octanol–water partition coefficient (Wildman–Crippen LogP) is 1.85. The van der Waals surface area contributed by atoms with E-state index in [9.17, 15) is 13.2 Å². The van der Waals surface area contributed by atoms with Crippen LogP contribution < -0.4 is 5.32 Å². The molecule has 2 heterocycles. The molecule has 5 saturated carbocycles. The van der Waals surface area contributed by atoms with Crippen molar-refractivity contribution in [1.29, 1.82) is 0 Å². The van der Waals surface area contributed by atoms with E-state index in [4.69, 9.17) is 14.5 Å². The van der Waals surface area contributed by atoms with Crippen LogP contribution in [-0.4, -0.2) is 68.5 Å². The van der Waals surface area contributed by atoms with Crippen molar-refractivity contribution in [2.75, 3.05) is 37.7 Å². The number of amides is 1. The van der Waals surface area contributed by atoms with Gasteiger partial charge >= 0.3 is 0 Å². The molecule has 5 aliphatic carbocycles. The van der Waals surface area contributed by atoms with Crippen molar-refractivity contribution >= 4 is 15.7 Å². The highest BCUT2D eigenvalue weighted by atomic mass is 32.2. The molecular weight excluding hydrogens is 432 g/mol. The van der Waals surface area contributed by atoms with Gasteiger partial charge in [0.25, 0.3) is 0 Å². The Balaban J connectivity index is 0.973. The summed E-state index contributed by atoms with van der Waals surface area (Å²) >= 11 is 0. The fourth-order valence-electron chi connectivity index (χ4n) is 7.54. The molecule has 0 atom stereocenters. The van der Waals surface area contributed by atoms with Crippen LogP contribution in [0, 0.1) is 29.6 Å². The van der Waals surface area contributed by atoms with E-state index >= 15 is 0 Å². The molecule has 7 rings (SSSR count). The molecule has 2 saturated heterocycles. The molecular formula is C23H36N2O6S. The molecule has 7 fully saturated rings. The second-order valence-corrected chi connectivity index (χ2v) is 13.7. The Morgan fingerprint density at radius 1 is 0.938 bits per heavy atom. The summed E-state index contributed by atoms with van der Waals surface area (Å²) in [6, 6.07) is 0. The van der Waals surface area contributed by atoms with E-state index in [0.717, 1.165) is 37.5 Å². The maximum Gasteiger partial charge on any atom is 0.234 e. The van der Waals surface area contributed by atoms with Gasteiger partial charge in [-0.15, -0.1) is 0 Å². The van der Waals surface area contributed by atoms with Gasteiger partial charge in [0.2, 0.25) is 17.5 Å². The SMILES string of the molecule is O=C(CN1CCS(=O)(=O)CC1)NC[C@H]1CC[C@]2(CC1)OO[C@]1(O2)C2CC3CC(C2)CC1C3. The molecule has 32 heavy (non-hydrogen) atoms. The summed E-state index contributed by atoms with van der Waals surface area (Å²) in [6.07, 6.45) is 9.82. The minimum atomic E-state index is -2.92. The monoisotopic (exact) mass is 468 g/mol. The molecule has 0 radical (unpaired) electrons. The van der Waals surface area contributed by atoms with Crippen LogP contribution in [0.5, 0.6) is 0 Å². The number of rotatable bonds is 4. The summed E-state index contributed by atoms with van der Waals surface area (Å²) < 4.78 is 29.8. The van der Waals surface area contributed by atoms with Crippen LogP contribution in [-0.2, 0) is 29.1 Å². The molecule has 0 aromatic heterocycles. The van der Waals surface area contributed by atoms with E-state index in [-0.39, 0.29) is 24.0 Å². The quantitative estimate of drug-likeness (QED) is 0.629. The third-order valence-electron chi connectivity index (χ3n) is 9.20. The second kappa shape index (κ2) is 7.90. The molecule has 1 amide bonds. The highest BCUT2D eigenvalue weighted by Crippen LogP contribution is 2.63. The summed E-state index contributed by atoms with van der Waals surface area (Å²) in [6.45, 7) is 1.82. The van der Waals surface area contributed by atoms with Crippen molar-refractivity contribution in [3.8, 4) is 0 Å². The Hall–Kier alpha value is -0.740. The molecule has 0 unspecified atom stereocenters. The zero-order chi connectivity index (χ0) is 22.0. The Morgan fingerprint density at radius 2 is 1.56 bits per heavy atom. The Kier molecular flexibility index (Phi) is 5.38. The zero-order valence-corrected chi connectivity index (χ0v) is 19.6. The van der Waals surface area contributed by atoms with Crippen LogP contribution in [0.2, 0.25) is 0 Å². The summed E-state index contributed by atoms with van der Waals surface area (Å²) in [5.74, 6) is 2.28. The van der Waals surface area contributed by atoms with Crippen molar-refractivity contribution in [2.24, 2.45) is 29.6 Å². The van der Waals surface area contributed by atoms with E-state index in [1.54, 1.807) is 0 Å². The predicted molar refractivity (Wildman–Crippen MR) is 116 cm³/mol. The van der Waals surface area contributed by atoms with Gasteiger partial charge in [0.15, 0.2) is 9.84 Å². The highest BCUT2D eigenvalue weighted by molar-refractivity contribution is 7.91. The number of hydrogen-bond donors (Lipinski definition) is 1. The van der Waals surface area contributed by atoms with E-state index in [1.807, 2.05) is 4.90 Å². The number of hydrogen-bond acceptors (Lipinski definition) is 7. The lowest BCUT2D eigenvalue weighted by Gasteiger charge is -2.57. The average molecular weight is 469 g/mol. The third kappa shape index (κ3) is 3.91. The maximum absolute atomic E-state index is 12.3. The maximum atomic E-state index is 12.3. The molecule has 0 aromatic carbocycles. The van der Waals surface area contributed by atoms with E-state index in [1.165, 1.54) is 32.1 Å². The minimum Gasteiger partial charge on any atom is -0.355 e. The smallest absolute Gasteiger partial charge is 0.234 e. The van der Waals surface area contributed by atoms with Crippen LogP contribution in [0.1, 0.15) is 57.8 Å². The first-order valence-corrected chi connectivity index (χ1v) is 14.4. The van der Waals surface area contributed by atoms with Crippen LogP contribution in [0.4, 0.5) is 0 Å². The highest BCUT2D eigenvalue weighted by Gasteiger charge is 2.66. The van der Waals surface area contributed by atoms with Gasteiger partial charge in [-0.25, -0.2) is 8.42 Å². The molecule has 4 bridgehead atoms. The summed E-state index contributed by atoms with van der Waals surface area (Å²) in [4.78, 5) is 26.4. The molecule has 1 N–H and O–H groups in total. The fourth-order valence-corrected chi connectivity index (χ4v) is 8.82. The molecule has 0 aromatic rings. The van der Waals surface area contributed by atoms with E-state index < -0.39 is 21.4 Å². The van der Waals surface area contributed by atoms with Gasteiger partial charge in [0, 0.05) is 44.3 Å². The van der Waals surface area contributed by atoms with Gasteiger partial charge in [-0.05, 0) is 62.7 Å². The Bertz CT molecular complexity index is 811. The molecule has 8 nitrogen and oxygen atoms in total. The normalized spacial score (nSPS) is 47.3. The lowest BCUT2D eigenvalue weighted by Crippen LogP contribution is -2.59. The number of carbonyl (C=O) groups is 1. The summed E-state index contributed by atoms with van der Waals surface area (Å²) in [5.41, 5.74) is 0. The topological polar surface area (TPSA) is 94.2 Å². The van der Waals surface area contributed by atoms with Gasteiger partial charge < -0.3 is 10.1 Å². The van der Waals surface area contributed by atoms with E-state index in [2.05, 4.69) is 5.32 Å². The van der Waals surface area contributed by atoms with Crippen LogP contribution in [0.15, 0.2) is 0 Å². The number of sulfone groups is 1. The van der Waals surface area contributed by atoms with Gasteiger partial charge in [0.05, 0.1) is 18.1 Å². The Labute approximate surface area is 190 Å². The lowest BCUT2D eigenvalue weighted by atomic mass is 9.53. The number of ether oxygens (including phenoxy) is 1. The van der Waals surface area contributed by atoms with Crippen LogP contribution in [0.3, 0.4) is 0 Å². The van der Waals surface area contributed by atoms with Gasteiger partial charge in [-0.3, -0.25) is 9.69 Å². The van der Waals surface area contributed by atoms with Crippen molar-refractivity contribution in [3.05, 3.63) is 0 Å². The largest absolute Gasteiger partial charge is 0.355 e. The van der Waals surface area contributed by atoms with Gasteiger partial charge in [-0.1, -0.05) is 0 Å². The van der Waals surface area contributed by atoms with Gasteiger partial charge in [-0.2, -0.15) is 9.78 Å². The third-order valence-corrected chi connectivity index (χ3v) is 10.8. The molecule has 2 aliphatic heterocycles. The molecule has 7 aliphatic rings. The van der Waals surface area contributed by atoms with E-state index in [0.29, 0.717) is 37.4 Å². The first-order chi connectivity index (χ1) is 15.3. The average Bonchev–Trinajstić information content (AvgIpc) is 3.13. The summed E-state index contributed by atoms with van der Waals surface area (Å²) in [7, 11) is -2.92. The minimum absolute atomic E-state index is 0.0196. The first kappa shape index (κ1) is 21.8. The molecule has 180 valence electrons. The summed E-state index contributed by atoms with van der Waals surface area (Å²) in [5, 5.41) is 3.06.